The molecule has 0 spiro atoms. The molecule has 1 aromatic rings. The minimum atomic E-state index is -4.30. The summed E-state index contributed by atoms with van der Waals surface area (Å²) in [7, 11) is 0. The van der Waals surface area contributed by atoms with Gasteiger partial charge in [0.05, 0.1) is 5.56 Å². The van der Waals surface area contributed by atoms with Crippen molar-refractivity contribution in [2.45, 2.75) is 19.7 Å². The van der Waals surface area contributed by atoms with Crippen LogP contribution in [0.2, 0.25) is 0 Å². The van der Waals surface area contributed by atoms with Gasteiger partial charge >= 0.3 is 6.18 Å². The zero-order valence-electron chi connectivity index (χ0n) is 8.01. The van der Waals surface area contributed by atoms with Crippen molar-refractivity contribution >= 4 is 6.21 Å². The summed E-state index contributed by atoms with van der Waals surface area (Å²) < 4.78 is 36.5. The molecule has 0 heterocycles. The molecule has 0 bridgehead atoms. The predicted molar refractivity (Wildman–Crippen MR) is 49.3 cm³/mol. The van der Waals surface area contributed by atoms with E-state index in [1.807, 2.05) is 0 Å². The topological polar surface area (TPSA) is 21.6 Å². The lowest BCUT2D eigenvalue weighted by atomic mass is 10.1. The van der Waals surface area contributed by atoms with Crippen LogP contribution in [0.3, 0.4) is 0 Å². The Kier molecular flexibility index (Phi) is 3.71. The van der Waals surface area contributed by atoms with Crippen molar-refractivity contribution in [2.24, 2.45) is 5.16 Å². The van der Waals surface area contributed by atoms with Crippen LogP contribution >= 0.6 is 0 Å². The summed E-state index contributed by atoms with van der Waals surface area (Å²) in [5.74, 6) is 0. The fourth-order valence-electron chi connectivity index (χ4n) is 0.961. The van der Waals surface area contributed by atoms with Crippen LogP contribution in [0.4, 0.5) is 13.2 Å². The normalized spacial score (nSPS) is 12.0. The lowest BCUT2D eigenvalue weighted by molar-refractivity contribution is -0.137. The Balaban J connectivity index is 2.64. The molecule has 0 atom stereocenters. The summed E-state index contributed by atoms with van der Waals surface area (Å²) in [5, 5.41) is 3.37. The minimum absolute atomic E-state index is 0.138. The SMILES string of the molecule is C/[C]=N\OCc1ccc(C(F)(F)F)cc1. The first-order chi connectivity index (χ1) is 7.04. The van der Waals surface area contributed by atoms with Gasteiger partial charge in [-0.3, -0.25) is 0 Å². The molecule has 5 heteroatoms. The fraction of sp³-hybridized carbons (Fsp3) is 0.300. The summed E-state index contributed by atoms with van der Waals surface area (Å²) in [4.78, 5) is 4.73. The smallest absolute Gasteiger partial charge is 0.391 e. The zero-order chi connectivity index (χ0) is 11.3. The zero-order valence-corrected chi connectivity index (χ0v) is 8.01. The van der Waals surface area contributed by atoms with E-state index >= 15 is 0 Å². The van der Waals surface area contributed by atoms with Crippen molar-refractivity contribution < 1.29 is 18.0 Å². The lowest BCUT2D eigenvalue weighted by Crippen LogP contribution is -2.04. The molecule has 0 aliphatic carbocycles. The maximum Gasteiger partial charge on any atom is 0.416 e. The molecule has 2 nitrogen and oxygen atoms in total. The van der Waals surface area contributed by atoms with E-state index in [2.05, 4.69) is 11.4 Å². The summed E-state index contributed by atoms with van der Waals surface area (Å²) in [5.41, 5.74) is -0.0428. The van der Waals surface area contributed by atoms with Crippen LogP contribution in [-0.2, 0) is 17.6 Å². The monoisotopic (exact) mass is 216 g/mol. The first kappa shape index (κ1) is 11.6. The number of alkyl halides is 3. The molecule has 0 fully saturated rings. The Bertz CT molecular complexity index is 330. The van der Waals surface area contributed by atoms with Crippen LogP contribution in [0.15, 0.2) is 29.4 Å². The van der Waals surface area contributed by atoms with E-state index in [-0.39, 0.29) is 6.61 Å². The van der Waals surface area contributed by atoms with Crippen molar-refractivity contribution in [3.63, 3.8) is 0 Å². The van der Waals surface area contributed by atoms with Crippen LogP contribution in [0.1, 0.15) is 18.1 Å². The van der Waals surface area contributed by atoms with E-state index in [0.717, 1.165) is 12.1 Å². The van der Waals surface area contributed by atoms with Gasteiger partial charge in [-0.25, -0.2) is 0 Å². The Morgan fingerprint density at radius 2 is 1.87 bits per heavy atom. The quantitative estimate of drug-likeness (QED) is 0.562. The van der Waals surface area contributed by atoms with Gasteiger partial charge in [-0.2, -0.15) is 13.2 Å². The summed E-state index contributed by atoms with van der Waals surface area (Å²) in [6.07, 6.45) is -1.90. The molecular formula is C10H9F3NO. The van der Waals surface area contributed by atoms with Crippen molar-refractivity contribution in [2.75, 3.05) is 0 Å². The van der Waals surface area contributed by atoms with Crippen LogP contribution in [-0.4, -0.2) is 6.21 Å². The summed E-state index contributed by atoms with van der Waals surface area (Å²) in [6.45, 7) is 1.70. The Labute approximate surface area is 85.4 Å². The Hall–Kier alpha value is -1.52. The molecule has 0 aliphatic rings. The molecule has 0 aliphatic heterocycles. The highest BCUT2D eigenvalue weighted by atomic mass is 19.4. The first-order valence-corrected chi connectivity index (χ1v) is 4.19. The molecule has 0 unspecified atom stereocenters. The van der Waals surface area contributed by atoms with Crippen molar-refractivity contribution in [1.82, 2.24) is 0 Å². The third kappa shape index (κ3) is 3.61. The average Bonchev–Trinajstić information content (AvgIpc) is 2.18. The number of hydrogen-bond donors (Lipinski definition) is 0. The maximum atomic E-state index is 12.2. The van der Waals surface area contributed by atoms with Gasteiger partial charge in [0.25, 0.3) is 0 Å². The number of rotatable bonds is 3. The second-order valence-corrected chi connectivity index (χ2v) is 2.78. The highest BCUT2D eigenvalue weighted by Crippen LogP contribution is 2.29. The highest BCUT2D eigenvalue weighted by Gasteiger charge is 2.29. The Morgan fingerprint density at radius 1 is 1.27 bits per heavy atom. The third-order valence-corrected chi connectivity index (χ3v) is 1.67. The van der Waals surface area contributed by atoms with Crippen LogP contribution in [0, 0.1) is 0 Å². The Morgan fingerprint density at radius 3 is 2.33 bits per heavy atom. The summed E-state index contributed by atoms with van der Waals surface area (Å²) in [6, 6.07) is 4.73. The van der Waals surface area contributed by atoms with Crippen LogP contribution in [0.5, 0.6) is 0 Å². The van der Waals surface area contributed by atoms with Crippen LogP contribution in [0.25, 0.3) is 0 Å². The number of hydrogen-bond acceptors (Lipinski definition) is 2. The van der Waals surface area contributed by atoms with E-state index in [4.69, 9.17) is 4.84 Å². The van der Waals surface area contributed by atoms with Gasteiger partial charge in [-0.05, 0) is 24.6 Å². The minimum Gasteiger partial charge on any atom is -0.391 e. The molecule has 1 rings (SSSR count). The number of benzene rings is 1. The molecule has 81 valence electrons. The summed E-state index contributed by atoms with van der Waals surface area (Å²) >= 11 is 0. The second-order valence-electron chi connectivity index (χ2n) is 2.78. The number of halogens is 3. The molecular weight excluding hydrogens is 207 g/mol. The second kappa shape index (κ2) is 4.82. The van der Waals surface area contributed by atoms with E-state index in [9.17, 15) is 13.2 Å². The highest BCUT2D eigenvalue weighted by molar-refractivity contribution is 5.52. The molecule has 0 N–H and O–H groups in total. The van der Waals surface area contributed by atoms with E-state index in [1.54, 1.807) is 6.92 Å². The average molecular weight is 216 g/mol. The van der Waals surface area contributed by atoms with E-state index in [1.165, 1.54) is 12.1 Å². The molecule has 0 amide bonds. The van der Waals surface area contributed by atoms with E-state index < -0.39 is 11.7 Å². The molecule has 0 saturated carbocycles. The fourth-order valence-corrected chi connectivity index (χ4v) is 0.961. The van der Waals surface area contributed by atoms with Crippen molar-refractivity contribution in [1.29, 1.82) is 0 Å². The van der Waals surface area contributed by atoms with Gasteiger partial charge < -0.3 is 4.84 Å². The first-order valence-electron chi connectivity index (χ1n) is 4.19. The van der Waals surface area contributed by atoms with Crippen LogP contribution < -0.4 is 0 Å². The maximum absolute atomic E-state index is 12.2. The van der Waals surface area contributed by atoms with Gasteiger partial charge in [0.2, 0.25) is 0 Å². The van der Waals surface area contributed by atoms with Gasteiger partial charge in [0, 0.05) is 0 Å². The number of nitrogens with zero attached hydrogens (tertiary/aromatic N) is 1. The predicted octanol–water partition coefficient (Wildman–Crippen LogP) is 3.10. The van der Waals surface area contributed by atoms with Gasteiger partial charge in [-0.15, -0.1) is 0 Å². The lowest BCUT2D eigenvalue weighted by Gasteiger charge is -2.06. The van der Waals surface area contributed by atoms with Crippen molar-refractivity contribution in [3.05, 3.63) is 35.4 Å². The van der Waals surface area contributed by atoms with E-state index in [0.29, 0.717) is 5.56 Å². The van der Waals surface area contributed by atoms with Gasteiger partial charge in [0.1, 0.15) is 12.8 Å². The van der Waals surface area contributed by atoms with Crippen molar-refractivity contribution in [3.8, 4) is 0 Å². The largest absolute Gasteiger partial charge is 0.416 e. The third-order valence-electron chi connectivity index (χ3n) is 1.67. The van der Waals surface area contributed by atoms with Gasteiger partial charge in [0.15, 0.2) is 0 Å². The standard InChI is InChI=1S/C10H9F3NO/c1-2-14-15-7-8-3-5-9(6-4-8)10(11,12)13/h3-6H,7H2,1H3. The molecule has 0 aromatic heterocycles. The molecule has 15 heavy (non-hydrogen) atoms. The van der Waals surface area contributed by atoms with Gasteiger partial charge in [-0.1, -0.05) is 17.3 Å². The molecule has 1 aromatic carbocycles. The molecule has 0 saturated heterocycles. The molecule has 1 radical (unpaired) electrons.